The van der Waals surface area contributed by atoms with E-state index in [1.54, 1.807) is 0 Å². The van der Waals surface area contributed by atoms with Gasteiger partial charge in [0.2, 0.25) is 12.7 Å². The number of rotatable bonds is 7. The van der Waals surface area contributed by atoms with E-state index in [1.807, 2.05) is 23.1 Å². The molecule has 1 amide bonds. The summed E-state index contributed by atoms with van der Waals surface area (Å²) in [5.74, 6) is 1.82. The molecule has 6 heteroatoms. The Labute approximate surface area is 163 Å². The van der Waals surface area contributed by atoms with Gasteiger partial charge < -0.3 is 19.3 Å². The summed E-state index contributed by atoms with van der Waals surface area (Å²) in [6, 6.07) is 6.76. The Hall–Kier alpha value is -1.79. The maximum absolute atomic E-state index is 12.8. The van der Waals surface area contributed by atoms with Crippen molar-refractivity contribution in [3.8, 4) is 11.5 Å². The minimum Gasteiger partial charge on any atom is -0.454 e. The maximum atomic E-state index is 12.8. The highest BCUT2D eigenvalue weighted by Crippen LogP contribution is 2.32. The molecule has 0 spiro atoms. The van der Waals surface area contributed by atoms with Crippen molar-refractivity contribution in [1.29, 1.82) is 0 Å². The average Bonchev–Trinajstić information content (AvgIpc) is 3.09. The number of carbonyl (C=O) groups is 1. The molecular weight excluding hydrogens is 342 g/mol. The van der Waals surface area contributed by atoms with Crippen LogP contribution in [0.25, 0.3) is 0 Å². The van der Waals surface area contributed by atoms with E-state index >= 15 is 0 Å². The highest BCUT2D eigenvalue weighted by molar-refractivity contribution is 5.76. The molecule has 2 unspecified atom stereocenters. The van der Waals surface area contributed by atoms with Crippen molar-refractivity contribution < 1.29 is 14.3 Å². The lowest BCUT2D eigenvalue weighted by molar-refractivity contribution is -0.135. The van der Waals surface area contributed by atoms with Gasteiger partial charge >= 0.3 is 0 Å². The number of aryl methyl sites for hydroxylation is 1. The first-order chi connectivity index (χ1) is 12.9. The van der Waals surface area contributed by atoms with E-state index in [2.05, 4.69) is 37.7 Å². The van der Waals surface area contributed by atoms with Gasteiger partial charge in [0.15, 0.2) is 11.5 Å². The highest BCUT2D eigenvalue weighted by Gasteiger charge is 2.31. The highest BCUT2D eigenvalue weighted by atomic mass is 16.7. The van der Waals surface area contributed by atoms with Gasteiger partial charge in [-0.2, -0.15) is 0 Å². The van der Waals surface area contributed by atoms with Gasteiger partial charge in [-0.3, -0.25) is 9.69 Å². The molecule has 1 saturated heterocycles. The summed E-state index contributed by atoms with van der Waals surface area (Å²) in [6.45, 7) is 8.62. The summed E-state index contributed by atoms with van der Waals surface area (Å²) in [4.78, 5) is 19.6. The summed E-state index contributed by atoms with van der Waals surface area (Å²) in [6.07, 6.45) is 2.45. The molecule has 2 heterocycles. The Morgan fingerprint density at radius 1 is 1.15 bits per heavy atom. The number of hydrogen-bond donors (Lipinski definition) is 0. The van der Waals surface area contributed by atoms with Crippen molar-refractivity contribution in [1.82, 2.24) is 14.7 Å². The van der Waals surface area contributed by atoms with Crippen LogP contribution < -0.4 is 9.47 Å². The van der Waals surface area contributed by atoms with Gasteiger partial charge in [0.05, 0.1) is 0 Å². The molecular formula is C21H33N3O3. The van der Waals surface area contributed by atoms with E-state index < -0.39 is 0 Å². The molecule has 1 fully saturated rings. The molecule has 0 radical (unpaired) electrons. The fourth-order valence-electron chi connectivity index (χ4n) is 4.08. The van der Waals surface area contributed by atoms with Gasteiger partial charge in [0, 0.05) is 38.1 Å². The molecule has 2 atom stereocenters. The van der Waals surface area contributed by atoms with Crippen LogP contribution >= 0.6 is 0 Å². The van der Waals surface area contributed by atoms with Crippen LogP contribution in [0.3, 0.4) is 0 Å². The largest absolute Gasteiger partial charge is 0.454 e. The molecule has 0 N–H and O–H groups in total. The van der Waals surface area contributed by atoms with Crippen LogP contribution in [0.4, 0.5) is 0 Å². The molecule has 2 aliphatic heterocycles. The van der Waals surface area contributed by atoms with E-state index in [4.69, 9.17) is 9.47 Å². The van der Waals surface area contributed by atoms with Crippen LogP contribution in [0.2, 0.25) is 0 Å². The Bertz CT molecular complexity index is 638. The number of amides is 1. The second-order valence-electron chi connectivity index (χ2n) is 8.08. The van der Waals surface area contributed by atoms with Crippen LogP contribution in [-0.2, 0) is 11.2 Å². The van der Waals surface area contributed by atoms with Crippen LogP contribution in [0, 0.1) is 0 Å². The fourth-order valence-corrected chi connectivity index (χ4v) is 4.08. The molecule has 27 heavy (non-hydrogen) atoms. The second-order valence-corrected chi connectivity index (χ2v) is 8.08. The van der Waals surface area contributed by atoms with Crippen molar-refractivity contribution in [2.75, 3.05) is 47.1 Å². The normalized spacial score (nSPS) is 22.5. The number of ether oxygens (including phenoxy) is 2. The third-order valence-electron chi connectivity index (χ3n) is 5.54. The fraction of sp³-hybridized carbons (Fsp3) is 0.667. The molecule has 3 rings (SSSR count). The molecule has 6 nitrogen and oxygen atoms in total. The standard InChI is InChI=1S/C21H33N3O3/c1-16-13-23(14-17(2)24(16)11-5-10-22(3)4)21(25)9-7-18-6-8-19-20(12-18)27-15-26-19/h6,8,12,16-17H,5,7,9-11,13-15H2,1-4H3. The minimum absolute atomic E-state index is 0.249. The van der Waals surface area contributed by atoms with Gasteiger partial charge in [-0.25, -0.2) is 0 Å². The average molecular weight is 376 g/mol. The maximum Gasteiger partial charge on any atom is 0.231 e. The first-order valence-electron chi connectivity index (χ1n) is 10.0. The predicted molar refractivity (Wildman–Crippen MR) is 106 cm³/mol. The lowest BCUT2D eigenvalue weighted by Gasteiger charge is -2.44. The van der Waals surface area contributed by atoms with Crippen LogP contribution in [0.5, 0.6) is 11.5 Å². The Balaban J connectivity index is 1.48. The number of piperazine rings is 1. The first kappa shape index (κ1) is 20.0. The summed E-state index contributed by atoms with van der Waals surface area (Å²) >= 11 is 0. The molecule has 0 aromatic heterocycles. The number of hydrogen-bond acceptors (Lipinski definition) is 5. The van der Waals surface area contributed by atoms with E-state index in [0.717, 1.165) is 49.7 Å². The Morgan fingerprint density at radius 3 is 2.56 bits per heavy atom. The van der Waals surface area contributed by atoms with Gasteiger partial charge in [0.1, 0.15) is 0 Å². The van der Waals surface area contributed by atoms with Crippen molar-refractivity contribution in [3.05, 3.63) is 23.8 Å². The zero-order valence-electron chi connectivity index (χ0n) is 17.1. The number of carbonyl (C=O) groups excluding carboxylic acids is 1. The zero-order chi connectivity index (χ0) is 19.4. The van der Waals surface area contributed by atoms with Crippen LogP contribution in [-0.4, -0.2) is 79.8 Å². The lowest BCUT2D eigenvalue weighted by atomic mass is 10.0. The molecule has 0 bridgehead atoms. The van der Waals surface area contributed by atoms with Crippen LogP contribution in [0.1, 0.15) is 32.3 Å². The summed E-state index contributed by atoms with van der Waals surface area (Å²) < 4.78 is 10.8. The van der Waals surface area contributed by atoms with Gasteiger partial charge in [-0.1, -0.05) is 6.07 Å². The lowest BCUT2D eigenvalue weighted by Crippen LogP contribution is -2.58. The third-order valence-corrected chi connectivity index (χ3v) is 5.54. The minimum atomic E-state index is 0.249. The number of fused-ring (bicyclic) bond motifs is 1. The molecule has 0 aliphatic carbocycles. The number of nitrogens with zero attached hydrogens (tertiary/aromatic N) is 3. The predicted octanol–water partition coefficient (Wildman–Crippen LogP) is 2.22. The van der Waals surface area contributed by atoms with Gasteiger partial charge in [-0.15, -0.1) is 0 Å². The molecule has 1 aromatic rings. The smallest absolute Gasteiger partial charge is 0.231 e. The number of benzene rings is 1. The van der Waals surface area contributed by atoms with E-state index in [0.29, 0.717) is 18.5 Å². The quantitative estimate of drug-likeness (QED) is 0.731. The second kappa shape index (κ2) is 8.93. The van der Waals surface area contributed by atoms with Crippen molar-refractivity contribution in [2.45, 2.75) is 45.2 Å². The van der Waals surface area contributed by atoms with E-state index in [-0.39, 0.29) is 12.7 Å². The molecule has 150 valence electrons. The topological polar surface area (TPSA) is 45.3 Å². The third kappa shape index (κ3) is 5.14. The molecule has 2 aliphatic rings. The van der Waals surface area contributed by atoms with Gasteiger partial charge in [-0.05, 0) is 65.0 Å². The monoisotopic (exact) mass is 375 g/mol. The van der Waals surface area contributed by atoms with Crippen molar-refractivity contribution >= 4 is 5.91 Å². The zero-order valence-corrected chi connectivity index (χ0v) is 17.1. The van der Waals surface area contributed by atoms with Gasteiger partial charge in [0.25, 0.3) is 0 Å². The Morgan fingerprint density at radius 2 is 1.85 bits per heavy atom. The molecule has 1 aromatic carbocycles. The van der Waals surface area contributed by atoms with Crippen molar-refractivity contribution in [3.63, 3.8) is 0 Å². The van der Waals surface area contributed by atoms with Crippen molar-refractivity contribution in [2.24, 2.45) is 0 Å². The van der Waals surface area contributed by atoms with E-state index in [1.165, 1.54) is 6.42 Å². The Kier molecular flexibility index (Phi) is 6.60. The van der Waals surface area contributed by atoms with Crippen LogP contribution in [0.15, 0.2) is 18.2 Å². The summed E-state index contributed by atoms with van der Waals surface area (Å²) in [7, 11) is 4.23. The molecule has 0 saturated carbocycles. The summed E-state index contributed by atoms with van der Waals surface area (Å²) in [5, 5.41) is 0. The van der Waals surface area contributed by atoms with E-state index in [9.17, 15) is 4.79 Å². The first-order valence-corrected chi connectivity index (χ1v) is 10.0. The SMILES string of the molecule is CC1CN(C(=O)CCc2ccc3c(c2)OCO3)CC(C)N1CCCN(C)C. The summed E-state index contributed by atoms with van der Waals surface area (Å²) in [5.41, 5.74) is 1.12.